The highest BCUT2D eigenvalue weighted by Gasteiger charge is 2.35. The maximum atomic E-state index is 12.4. The van der Waals surface area contributed by atoms with Crippen molar-refractivity contribution in [3.05, 3.63) is 30.1 Å². The van der Waals surface area contributed by atoms with Crippen molar-refractivity contribution in [3.63, 3.8) is 0 Å². The highest BCUT2D eigenvalue weighted by Crippen LogP contribution is 2.29. The normalized spacial score (nSPS) is 16.0. The van der Waals surface area contributed by atoms with Crippen molar-refractivity contribution in [2.24, 2.45) is 0 Å². The van der Waals surface area contributed by atoms with Crippen LogP contribution in [0.4, 0.5) is 0 Å². The Morgan fingerprint density at radius 2 is 2.12 bits per heavy atom. The number of nitrogens with one attached hydrogen (secondary N) is 1. The van der Waals surface area contributed by atoms with Crippen LogP contribution < -0.4 is 5.32 Å². The Morgan fingerprint density at radius 1 is 1.35 bits per heavy atom. The van der Waals surface area contributed by atoms with Gasteiger partial charge in [-0.1, -0.05) is 23.9 Å². The molecule has 4 rings (SSSR count). The number of thioether (sulfide) groups is 1. The Hall–Kier alpha value is -2.66. The van der Waals surface area contributed by atoms with E-state index in [1.807, 2.05) is 31.2 Å². The summed E-state index contributed by atoms with van der Waals surface area (Å²) >= 11 is 1.31. The van der Waals surface area contributed by atoms with E-state index in [1.54, 1.807) is 4.52 Å². The first-order valence-electron chi connectivity index (χ1n) is 8.57. The molecule has 1 saturated carbocycles. The molecular formula is C18H18N6OS. The molecule has 26 heavy (non-hydrogen) atoms. The standard InChI is InChI=1S/C18H18N6OS/c1-12-20-16-13-6-2-3-7-14(13)21-17(24(16)23-12)26-10-15(25)22-18(11-19)8-4-5-9-18/h2-3,6-7H,4-5,8-10H2,1H3,(H,22,25). The van der Waals surface area contributed by atoms with Crippen LogP contribution in [0, 0.1) is 18.3 Å². The number of hydrogen-bond donors (Lipinski definition) is 1. The molecule has 7 nitrogen and oxygen atoms in total. The lowest BCUT2D eigenvalue weighted by molar-refractivity contribution is -0.119. The fraction of sp³-hybridized carbons (Fsp3) is 0.389. The van der Waals surface area contributed by atoms with Crippen LogP contribution in [0.3, 0.4) is 0 Å². The molecule has 1 aliphatic rings. The van der Waals surface area contributed by atoms with E-state index in [9.17, 15) is 10.1 Å². The monoisotopic (exact) mass is 366 g/mol. The molecule has 0 atom stereocenters. The molecule has 0 bridgehead atoms. The van der Waals surface area contributed by atoms with Gasteiger partial charge in [0.1, 0.15) is 11.4 Å². The Bertz CT molecular complexity index is 1030. The van der Waals surface area contributed by atoms with Gasteiger partial charge in [0, 0.05) is 5.39 Å². The van der Waals surface area contributed by atoms with Gasteiger partial charge >= 0.3 is 0 Å². The third kappa shape index (κ3) is 2.99. The molecule has 8 heteroatoms. The molecule has 0 aliphatic heterocycles. The van der Waals surface area contributed by atoms with Gasteiger partial charge in [-0.15, -0.1) is 5.10 Å². The summed E-state index contributed by atoms with van der Waals surface area (Å²) in [5.41, 5.74) is 0.855. The maximum Gasteiger partial charge on any atom is 0.231 e. The number of para-hydroxylation sites is 1. The lowest BCUT2D eigenvalue weighted by atomic mass is 10.0. The summed E-state index contributed by atoms with van der Waals surface area (Å²) in [4.78, 5) is 21.5. The van der Waals surface area contributed by atoms with Crippen LogP contribution in [-0.4, -0.2) is 36.8 Å². The molecule has 1 fully saturated rings. The van der Waals surface area contributed by atoms with Crippen molar-refractivity contribution in [2.75, 3.05) is 5.75 Å². The van der Waals surface area contributed by atoms with Gasteiger partial charge in [-0.05, 0) is 44.7 Å². The van der Waals surface area contributed by atoms with Crippen molar-refractivity contribution in [1.29, 1.82) is 5.26 Å². The van der Waals surface area contributed by atoms with Crippen LogP contribution in [0.1, 0.15) is 31.5 Å². The second-order valence-corrected chi connectivity index (χ2v) is 7.49. The summed E-state index contributed by atoms with van der Waals surface area (Å²) in [5.74, 6) is 0.685. The highest BCUT2D eigenvalue weighted by atomic mass is 32.2. The Balaban J connectivity index is 1.59. The summed E-state index contributed by atoms with van der Waals surface area (Å²) in [6.45, 7) is 1.83. The van der Waals surface area contributed by atoms with E-state index in [0.29, 0.717) is 11.0 Å². The van der Waals surface area contributed by atoms with E-state index < -0.39 is 5.54 Å². The summed E-state index contributed by atoms with van der Waals surface area (Å²) in [6, 6.07) is 10.0. The highest BCUT2D eigenvalue weighted by molar-refractivity contribution is 7.99. The third-order valence-electron chi connectivity index (χ3n) is 4.64. The predicted octanol–water partition coefficient (Wildman–Crippen LogP) is 2.63. The van der Waals surface area contributed by atoms with E-state index in [-0.39, 0.29) is 11.7 Å². The number of carbonyl (C=O) groups is 1. The maximum absolute atomic E-state index is 12.4. The molecule has 1 N–H and O–H groups in total. The zero-order valence-electron chi connectivity index (χ0n) is 14.4. The molecule has 0 unspecified atom stereocenters. The largest absolute Gasteiger partial charge is 0.337 e. The second-order valence-electron chi connectivity index (χ2n) is 6.54. The molecule has 2 aromatic heterocycles. The number of aromatic nitrogens is 4. The summed E-state index contributed by atoms with van der Waals surface area (Å²) in [7, 11) is 0. The van der Waals surface area contributed by atoms with E-state index in [0.717, 1.165) is 42.2 Å². The number of hydrogen-bond acceptors (Lipinski definition) is 6. The van der Waals surface area contributed by atoms with Crippen LogP contribution in [-0.2, 0) is 4.79 Å². The summed E-state index contributed by atoms with van der Waals surface area (Å²) < 4.78 is 1.69. The predicted molar refractivity (Wildman–Crippen MR) is 98.7 cm³/mol. The topological polar surface area (TPSA) is 96.0 Å². The van der Waals surface area contributed by atoms with Crippen LogP contribution in [0.15, 0.2) is 29.4 Å². The van der Waals surface area contributed by atoms with Gasteiger partial charge in [0.15, 0.2) is 10.8 Å². The van der Waals surface area contributed by atoms with Crippen molar-refractivity contribution in [3.8, 4) is 6.07 Å². The lowest BCUT2D eigenvalue weighted by Crippen LogP contribution is -2.45. The van der Waals surface area contributed by atoms with E-state index in [4.69, 9.17) is 0 Å². The molecule has 0 spiro atoms. The average Bonchev–Trinajstić information content (AvgIpc) is 3.26. The van der Waals surface area contributed by atoms with Gasteiger partial charge in [-0.2, -0.15) is 9.78 Å². The van der Waals surface area contributed by atoms with Gasteiger partial charge in [-0.25, -0.2) is 9.97 Å². The Kier molecular flexibility index (Phi) is 4.24. The van der Waals surface area contributed by atoms with Gasteiger partial charge < -0.3 is 5.32 Å². The lowest BCUT2D eigenvalue weighted by Gasteiger charge is -2.21. The van der Waals surface area contributed by atoms with Crippen molar-refractivity contribution in [2.45, 2.75) is 43.3 Å². The summed E-state index contributed by atoms with van der Waals surface area (Å²) in [5, 5.41) is 18.3. The minimum Gasteiger partial charge on any atom is -0.337 e. The number of carbonyl (C=O) groups excluding carboxylic acids is 1. The molecular weight excluding hydrogens is 348 g/mol. The fourth-order valence-corrected chi connectivity index (χ4v) is 4.15. The van der Waals surface area contributed by atoms with Crippen LogP contribution in [0.5, 0.6) is 0 Å². The molecule has 132 valence electrons. The third-order valence-corrected chi connectivity index (χ3v) is 5.57. The van der Waals surface area contributed by atoms with Crippen LogP contribution in [0.2, 0.25) is 0 Å². The second kappa shape index (κ2) is 6.57. The minimum atomic E-state index is -0.701. The van der Waals surface area contributed by atoms with Crippen molar-refractivity contribution >= 4 is 34.2 Å². The zero-order valence-corrected chi connectivity index (χ0v) is 15.2. The SMILES string of the molecule is Cc1nc2c3ccccc3nc(SCC(=O)NC3(C#N)CCCC3)n2n1. The first-order chi connectivity index (χ1) is 12.6. The van der Waals surface area contributed by atoms with Crippen molar-refractivity contribution in [1.82, 2.24) is 24.9 Å². The first kappa shape index (κ1) is 16.8. The molecule has 0 radical (unpaired) electrons. The Labute approximate surface area is 154 Å². The number of amides is 1. The number of rotatable bonds is 4. The van der Waals surface area contributed by atoms with Gasteiger partial charge in [0.25, 0.3) is 0 Å². The summed E-state index contributed by atoms with van der Waals surface area (Å²) in [6.07, 6.45) is 3.40. The van der Waals surface area contributed by atoms with Gasteiger partial charge in [-0.3, -0.25) is 4.79 Å². The number of nitriles is 1. The van der Waals surface area contributed by atoms with Gasteiger partial charge in [0.05, 0.1) is 17.3 Å². The minimum absolute atomic E-state index is 0.154. The number of benzene rings is 1. The van der Waals surface area contributed by atoms with E-state index >= 15 is 0 Å². The molecule has 1 aliphatic carbocycles. The molecule has 1 aromatic carbocycles. The zero-order chi connectivity index (χ0) is 18.1. The number of aryl methyl sites for hydroxylation is 1. The number of nitrogens with zero attached hydrogens (tertiary/aromatic N) is 5. The molecule has 3 aromatic rings. The Morgan fingerprint density at radius 3 is 2.88 bits per heavy atom. The van der Waals surface area contributed by atoms with Crippen molar-refractivity contribution < 1.29 is 4.79 Å². The van der Waals surface area contributed by atoms with Crippen LogP contribution in [0.25, 0.3) is 16.6 Å². The van der Waals surface area contributed by atoms with E-state index in [2.05, 4.69) is 26.5 Å². The van der Waals surface area contributed by atoms with Crippen LogP contribution >= 0.6 is 11.8 Å². The molecule has 0 saturated heterocycles. The fourth-order valence-electron chi connectivity index (χ4n) is 3.40. The molecule has 1 amide bonds. The number of fused-ring (bicyclic) bond motifs is 3. The molecule has 2 heterocycles. The quantitative estimate of drug-likeness (QED) is 0.563. The first-order valence-corrected chi connectivity index (χ1v) is 9.56. The average molecular weight is 366 g/mol. The smallest absolute Gasteiger partial charge is 0.231 e. The van der Waals surface area contributed by atoms with Gasteiger partial charge in [0.2, 0.25) is 5.91 Å². The van der Waals surface area contributed by atoms with E-state index in [1.165, 1.54) is 11.8 Å².